The van der Waals surface area contributed by atoms with Gasteiger partial charge in [-0.15, -0.1) is 0 Å². The molecule has 2 rings (SSSR count). The number of aliphatic hydroxyl groups is 1. The molecule has 1 saturated heterocycles. The van der Waals surface area contributed by atoms with E-state index >= 15 is 0 Å². The monoisotopic (exact) mass is 290 g/mol. The summed E-state index contributed by atoms with van der Waals surface area (Å²) in [7, 11) is 0. The lowest BCUT2D eigenvalue weighted by Gasteiger charge is -2.21. The Morgan fingerprint density at radius 2 is 2.14 bits per heavy atom. The summed E-state index contributed by atoms with van der Waals surface area (Å²) < 4.78 is 5.28. The van der Waals surface area contributed by atoms with Gasteiger partial charge in [0, 0.05) is 13.0 Å². The van der Waals surface area contributed by atoms with E-state index in [-0.39, 0.29) is 25.3 Å². The highest BCUT2D eigenvalue weighted by atomic mass is 16.5. The van der Waals surface area contributed by atoms with Gasteiger partial charge < -0.3 is 19.8 Å². The number of benzene rings is 1. The van der Waals surface area contributed by atoms with Crippen LogP contribution in [0, 0.1) is 11.3 Å². The van der Waals surface area contributed by atoms with Gasteiger partial charge in [0.1, 0.15) is 17.9 Å². The fourth-order valence-corrected chi connectivity index (χ4v) is 2.23. The number of amides is 1. The summed E-state index contributed by atoms with van der Waals surface area (Å²) >= 11 is 0. The van der Waals surface area contributed by atoms with Gasteiger partial charge in [0.25, 0.3) is 5.91 Å². The van der Waals surface area contributed by atoms with Crippen LogP contribution in [-0.2, 0) is 9.59 Å². The molecule has 110 valence electrons. The molecule has 1 aliphatic heterocycles. The average Bonchev–Trinajstić information content (AvgIpc) is 2.87. The molecule has 2 N–H and O–H groups in total. The number of carboxylic acids is 1. The van der Waals surface area contributed by atoms with Crippen LogP contribution in [0.1, 0.15) is 12.0 Å². The standard InChI is InChI=1S/C14H14N2O5/c15-6-9-3-1-2-4-12(9)21-8-13(18)16-7-10(17)5-11(16)14(19)20/h1-4,10-11,17H,5,7-8H2,(H,19,20). The highest BCUT2D eigenvalue weighted by Gasteiger charge is 2.38. The van der Waals surface area contributed by atoms with Gasteiger partial charge in [0.05, 0.1) is 11.7 Å². The topological polar surface area (TPSA) is 111 Å². The van der Waals surface area contributed by atoms with Crippen molar-refractivity contribution >= 4 is 11.9 Å². The van der Waals surface area contributed by atoms with Crippen LogP contribution < -0.4 is 4.74 Å². The number of hydrogen-bond donors (Lipinski definition) is 2. The van der Waals surface area contributed by atoms with Crippen LogP contribution in [0.5, 0.6) is 5.75 Å². The molecule has 1 heterocycles. The second kappa shape index (κ2) is 6.24. The van der Waals surface area contributed by atoms with Gasteiger partial charge in [-0.1, -0.05) is 12.1 Å². The van der Waals surface area contributed by atoms with Crippen molar-refractivity contribution in [2.24, 2.45) is 0 Å². The summed E-state index contributed by atoms with van der Waals surface area (Å²) in [4.78, 5) is 24.2. The largest absolute Gasteiger partial charge is 0.482 e. The van der Waals surface area contributed by atoms with Gasteiger partial charge >= 0.3 is 5.97 Å². The van der Waals surface area contributed by atoms with Crippen molar-refractivity contribution in [1.82, 2.24) is 4.90 Å². The fourth-order valence-electron chi connectivity index (χ4n) is 2.23. The molecule has 2 atom stereocenters. The predicted molar refractivity (Wildman–Crippen MR) is 70.4 cm³/mol. The summed E-state index contributed by atoms with van der Waals surface area (Å²) in [6.07, 6.45) is -0.836. The lowest BCUT2D eigenvalue weighted by Crippen LogP contribution is -2.43. The summed E-state index contributed by atoms with van der Waals surface area (Å²) in [5.74, 6) is -1.43. The summed E-state index contributed by atoms with van der Waals surface area (Å²) in [5.41, 5.74) is 0.293. The van der Waals surface area contributed by atoms with E-state index in [4.69, 9.17) is 15.1 Å². The second-order valence-electron chi connectivity index (χ2n) is 4.69. The molecule has 1 aromatic carbocycles. The van der Waals surface area contributed by atoms with E-state index in [2.05, 4.69) is 0 Å². The number of ether oxygens (including phenoxy) is 1. The smallest absolute Gasteiger partial charge is 0.326 e. The molecule has 21 heavy (non-hydrogen) atoms. The third-order valence-corrected chi connectivity index (χ3v) is 3.24. The molecule has 0 saturated carbocycles. The first-order chi connectivity index (χ1) is 10.0. The molecule has 1 fully saturated rings. The van der Waals surface area contributed by atoms with Crippen molar-refractivity contribution in [1.29, 1.82) is 5.26 Å². The van der Waals surface area contributed by atoms with Crippen LogP contribution in [0.2, 0.25) is 0 Å². The molecule has 0 aliphatic carbocycles. The third-order valence-electron chi connectivity index (χ3n) is 3.24. The van der Waals surface area contributed by atoms with E-state index in [0.717, 1.165) is 4.90 Å². The van der Waals surface area contributed by atoms with Crippen LogP contribution in [0.4, 0.5) is 0 Å². The number of carboxylic acid groups (broad SMARTS) is 1. The van der Waals surface area contributed by atoms with Gasteiger partial charge in [0.2, 0.25) is 0 Å². The Morgan fingerprint density at radius 1 is 1.43 bits per heavy atom. The van der Waals surface area contributed by atoms with Crippen molar-refractivity contribution in [2.45, 2.75) is 18.6 Å². The Balaban J connectivity index is 2.02. The average molecular weight is 290 g/mol. The Hall–Kier alpha value is -2.59. The maximum Gasteiger partial charge on any atom is 0.326 e. The lowest BCUT2D eigenvalue weighted by molar-refractivity contribution is -0.148. The van der Waals surface area contributed by atoms with Crippen LogP contribution >= 0.6 is 0 Å². The highest BCUT2D eigenvalue weighted by Crippen LogP contribution is 2.20. The summed E-state index contributed by atoms with van der Waals surface area (Å²) in [6, 6.07) is 7.35. The van der Waals surface area contributed by atoms with E-state index in [1.807, 2.05) is 6.07 Å². The number of rotatable bonds is 4. The van der Waals surface area contributed by atoms with E-state index in [0.29, 0.717) is 5.56 Å². The van der Waals surface area contributed by atoms with Crippen molar-refractivity contribution < 1.29 is 24.5 Å². The molecule has 1 aliphatic rings. The first-order valence-electron chi connectivity index (χ1n) is 6.35. The van der Waals surface area contributed by atoms with Crippen LogP contribution in [-0.4, -0.2) is 52.3 Å². The first kappa shape index (κ1) is 14.8. The Labute approximate surface area is 121 Å². The zero-order valence-electron chi connectivity index (χ0n) is 11.1. The molecule has 2 unspecified atom stereocenters. The van der Waals surface area contributed by atoms with Crippen molar-refractivity contribution in [3.8, 4) is 11.8 Å². The Morgan fingerprint density at radius 3 is 2.81 bits per heavy atom. The molecule has 1 amide bonds. The number of nitrogens with zero attached hydrogens (tertiary/aromatic N) is 2. The molecule has 7 nitrogen and oxygen atoms in total. The molecule has 1 aromatic rings. The molecule has 7 heteroatoms. The number of carbonyl (C=O) groups excluding carboxylic acids is 1. The number of nitriles is 1. The Bertz CT molecular complexity index is 595. The second-order valence-corrected chi connectivity index (χ2v) is 4.69. The number of para-hydroxylation sites is 1. The maximum absolute atomic E-state index is 12.0. The molecule has 0 bridgehead atoms. The minimum atomic E-state index is -1.16. The zero-order valence-corrected chi connectivity index (χ0v) is 11.1. The minimum absolute atomic E-state index is 0.00978. The van der Waals surface area contributed by atoms with Crippen molar-refractivity contribution in [3.63, 3.8) is 0 Å². The maximum atomic E-state index is 12.0. The van der Waals surface area contributed by atoms with E-state index in [1.54, 1.807) is 24.3 Å². The van der Waals surface area contributed by atoms with E-state index < -0.39 is 24.0 Å². The molecule has 0 radical (unpaired) electrons. The molecular weight excluding hydrogens is 276 g/mol. The number of carbonyl (C=O) groups is 2. The van der Waals surface area contributed by atoms with Crippen molar-refractivity contribution in [3.05, 3.63) is 29.8 Å². The lowest BCUT2D eigenvalue weighted by atomic mass is 10.2. The SMILES string of the molecule is N#Cc1ccccc1OCC(=O)N1CC(O)CC1C(=O)O. The quantitative estimate of drug-likeness (QED) is 0.806. The Kier molecular flexibility index (Phi) is 4.40. The summed E-state index contributed by atoms with van der Waals surface area (Å²) in [6.45, 7) is -0.408. The van der Waals surface area contributed by atoms with Crippen LogP contribution in [0.3, 0.4) is 0 Å². The molecular formula is C14H14N2O5. The number of likely N-dealkylation sites (tertiary alicyclic amines) is 1. The van der Waals surface area contributed by atoms with Gasteiger partial charge in [0.15, 0.2) is 6.61 Å². The first-order valence-corrected chi connectivity index (χ1v) is 6.35. The number of aliphatic hydroxyl groups excluding tert-OH is 1. The normalized spacial score (nSPS) is 20.9. The number of hydrogen-bond acceptors (Lipinski definition) is 5. The zero-order chi connectivity index (χ0) is 15.4. The van der Waals surface area contributed by atoms with Gasteiger partial charge in [-0.3, -0.25) is 4.79 Å². The molecule has 0 aromatic heterocycles. The summed E-state index contributed by atoms with van der Waals surface area (Å²) in [5, 5.41) is 27.4. The van der Waals surface area contributed by atoms with Gasteiger partial charge in [-0.2, -0.15) is 5.26 Å². The minimum Gasteiger partial charge on any atom is -0.482 e. The van der Waals surface area contributed by atoms with Crippen molar-refractivity contribution in [2.75, 3.05) is 13.2 Å². The fraction of sp³-hybridized carbons (Fsp3) is 0.357. The van der Waals surface area contributed by atoms with Gasteiger partial charge in [-0.25, -0.2) is 4.79 Å². The van der Waals surface area contributed by atoms with Crippen LogP contribution in [0.15, 0.2) is 24.3 Å². The van der Waals surface area contributed by atoms with Gasteiger partial charge in [-0.05, 0) is 12.1 Å². The number of β-amino-alcohol motifs (C(OH)–C–C–N with tert-alkyl or cyclic N) is 1. The third kappa shape index (κ3) is 3.30. The van der Waals surface area contributed by atoms with E-state index in [1.165, 1.54) is 0 Å². The molecule has 0 spiro atoms. The van der Waals surface area contributed by atoms with E-state index in [9.17, 15) is 14.7 Å². The number of aliphatic carboxylic acids is 1. The highest BCUT2D eigenvalue weighted by molar-refractivity contribution is 5.85. The van der Waals surface area contributed by atoms with Crippen LogP contribution in [0.25, 0.3) is 0 Å². The predicted octanol–water partition coefficient (Wildman–Crippen LogP) is -0.0165.